The summed E-state index contributed by atoms with van der Waals surface area (Å²) in [5.41, 5.74) is -4.94. The van der Waals surface area contributed by atoms with Crippen LogP contribution in [-0.2, 0) is 32.4 Å². The van der Waals surface area contributed by atoms with Gasteiger partial charge in [0.05, 0.1) is 35.4 Å². The summed E-state index contributed by atoms with van der Waals surface area (Å²) in [7, 11) is -5.58. The molecule has 1 N–H and O–H groups in total. The minimum absolute atomic E-state index is 0.0366. The fourth-order valence-electron chi connectivity index (χ4n) is 4.49. The Morgan fingerprint density at radius 2 is 1.67 bits per heavy atom. The number of hydrogen-bond donors (Lipinski definition) is 1. The van der Waals surface area contributed by atoms with Crippen molar-refractivity contribution >= 4 is 39.1 Å². The summed E-state index contributed by atoms with van der Waals surface area (Å²) < 4.78 is 62.0. The third kappa shape index (κ3) is 4.73. The van der Waals surface area contributed by atoms with E-state index in [2.05, 4.69) is 10.3 Å². The molecule has 1 aromatic heterocycles. The Morgan fingerprint density at radius 3 is 2.28 bits per heavy atom. The first kappa shape index (κ1) is 26.4. The maximum absolute atomic E-state index is 13.4. The van der Waals surface area contributed by atoms with Crippen LogP contribution in [0.25, 0.3) is 0 Å². The number of pyridine rings is 1. The van der Waals surface area contributed by atoms with Gasteiger partial charge >= 0.3 is 11.5 Å². The van der Waals surface area contributed by atoms with Gasteiger partial charge in [-0.15, -0.1) is 0 Å². The summed E-state index contributed by atoms with van der Waals surface area (Å²) in [6.07, 6.45) is 3.82. The second-order valence-electron chi connectivity index (χ2n) is 9.23. The molecule has 2 aromatic carbocycles. The summed E-state index contributed by atoms with van der Waals surface area (Å²) in [5.74, 6) is -0.849. The molecule has 0 radical (unpaired) electrons. The van der Waals surface area contributed by atoms with E-state index < -0.39 is 37.7 Å². The molecule has 3 aromatic rings. The molecular weight excluding hydrogens is 537 g/mol. The lowest BCUT2D eigenvalue weighted by Gasteiger charge is -2.22. The number of carbonyl (C=O) groups is 3. The van der Waals surface area contributed by atoms with Crippen molar-refractivity contribution in [2.45, 2.75) is 41.7 Å². The Balaban J connectivity index is 1.37. The molecule has 0 atom stereocenters. The fourth-order valence-corrected chi connectivity index (χ4v) is 5.25. The predicted octanol–water partition coefficient (Wildman–Crippen LogP) is 4.06. The minimum Gasteiger partial charge on any atom is -0.324 e. The van der Waals surface area contributed by atoms with Crippen LogP contribution in [0.4, 0.5) is 29.3 Å². The van der Waals surface area contributed by atoms with Crippen LogP contribution >= 0.6 is 0 Å². The number of rotatable bonds is 7. The molecule has 1 saturated heterocycles. The van der Waals surface area contributed by atoms with Crippen molar-refractivity contribution in [1.29, 1.82) is 0 Å². The summed E-state index contributed by atoms with van der Waals surface area (Å²) in [6, 6.07) is 13.4. The molecule has 0 unspecified atom stereocenters. The number of aromatic nitrogens is 1. The number of carbonyl (C=O) groups excluding carboxylic acids is 3. The highest BCUT2D eigenvalue weighted by atomic mass is 32.2. The van der Waals surface area contributed by atoms with E-state index in [9.17, 15) is 36.0 Å². The van der Waals surface area contributed by atoms with E-state index in [-0.39, 0.29) is 24.6 Å². The van der Waals surface area contributed by atoms with Crippen molar-refractivity contribution in [3.05, 3.63) is 84.2 Å². The number of amides is 4. The number of nitrogens with one attached hydrogen (secondary N) is 1. The monoisotopic (exact) mass is 558 g/mol. The van der Waals surface area contributed by atoms with E-state index in [1.54, 1.807) is 6.07 Å². The molecule has 39 heavy (non-hydrogen) atoms. The van der Waals surface area contributed by atoms with E-state index in [0.717, 1.165) is 22.6 Å². The highest BCUT2D eigenvalue weighted by Crippen LogP contribution is 2.50. The van der Waals surface area contributed by atoms with Crippen molar-refractivity contribution in [3.8, 4) is 0 Å². The zero-order valence-electron chi connectivity index (χ0n) is 20.2. The van der Waals surface area contributed by atoms with Gasteiger partial charge < -0.3 is 10.2 Å². The van der Waals surface area contributed by atoms with E-state index >= 15 is 0 Å². The van der Waals surface area contributed by atoms with Crippen molar-refractivity contribution < 1.29 is 36.0 Å². The molecule has 202 valence electrons. The SMILES string of the molecule is O=C(Cc1ccccc1)Nc1cnccc1CN1C(=O)N(c2ccc(S(=O)(=O)C(F)(F)F)cc2)C(=O)C12CC2. The summed E-state index contributed by atoms with van der Waals surface area (Å²) >= 11 is 0. The molecule has 4 amide bonds. The molecule has 1 aliphatic heterocycles. The summed E-state index contributed by atoms with van der Waals surface area (Å²) in [6.45, 7) is -0.0366. The minimum atomic E-state index is -5.58. The van der Waals surface area contributed by atoms with Crippen LogP contribution in [0.15, 0.2) is 78.0 Å². The molecule has 2 heterocycles. The van der Waals surface area contributed by atoms with Crippen molar-refractivity contribution in [3.63, 3.8) is 0 Å². The van der Waals surface area contributed by atoms with Crippen LogP contribution in [0.3, 0.4) is 0 Å². The van der Waals surface area contributed by atoms with Crippen LogP contribution in [-0.4, -0.2) is 47.2 Å². The van der Waals surface area contributed by atoms with Gasteiger partial charge in [-0.05, 0) is 54.3 Å². The first-order valence-electron chi connectivity index (χ1n) is 11.8. The van der Waals surface area contributed by atoms with Gasteiger partial charge in [-0.1, -0.05) is 30.3 Å². The van der Waals surface area contributed by atoms with Gasteiger partial charge in [0.15, 0.2) is 0 Å². The Bertz CT molecular complexity index is 1560. The zero-order valence-corrected chi connectivity index (χ0v) is 21.0. The Morgan fingerprint density at radius 1 is 1.00 bits per heavy atom. The predicted molar refractivity (Wildman–Crippen MR) is 133 cm³/mol. The van der Waals surface area contributed by atoms with Crippen LogP contribution < -0.4 is 10.2 Å². The Kier molecular flexibility index (Phi) is 6.41. The number of anilines is 2. The third-order valence-corrected chi connectivity index (χ3v) is 8.20. The normalized spacial score (nSPS) is 16.6. The van der Waals surface area contributed by atoms with Gasteiger partial charge in [-0.2, -0.15) is 13.2 Å². The highest BCUT2D eigenvalue weighted by Gasteiger charge is 2.65. The Hall–Kier alpha value is -4.26. The Labute approximate surface area is 221 Å². The largest absolute Gasteiger partial charge is 0.501 e. The molecular formula is C26H21F3N4O5S. The maximum atomic E-state index is 13.4. The quantitative estimate of drug-likeness (QED) is 0.438. The molecule has 0 bridgehead atoms. The van der Waals surface area contributed by atoms with Gasteiger partial charge in [0.25, 0.3) is 15.7 Å². The van der Waals surface area contributed by atoms with Crippen molar-refractivity contribution in [2.75, 3.05) is 10.2 Å². The second kappa shape index (κ2) is 9.49. The number of hydrogen-bond acceptors (Lipinski definition) is 6. The molecule has 2 fully saturated rings. The lowest BCUT2D eigenvalue weighted by Crippen LogP contribution is -2.36. The molecule has 1 spiro atoms. The van der Waals surface area contributed by atoms with Gasteiger partial charge in [0.2, 0.25) is 5.91 Å². The standard InChI is InChI=1S/C26H21F3N4O5S/c27-26(28,29)39(37,38)20-8-6-19(7-9-20)33-23(35)25(11-12-25)32(24(33)36)16-18-10-13-30-15-21(18)31-22(34)14-17-4-2-1-3-5-17/h1-10,13,15H,11-12,14,16H2,(H,31,34). The molecule has 2 aliphatic rings. The van der Waals surface area contributed by atoms with Gasteiger partial charge in [-0.25, -0.2) is 18.1 Å². The maximum Gasteiger partial charge on any atom is 0.501 e. The summed E-state index contributed by atoms with van der Waals surface area (Å²) in [5, 5.41) is 2.80. The average Bonchev–Trinajstić information content (AvgIpc) is 3.67. The van der Waals surface area contributed by atoms with Crippen LogP contribution in [0.2, 0.25) is 0 Å². The summed E-state index contributed by atoms with van der Waals surface area (Å²) in [4.78, 5) is 44.6. The number of benzene rings is 2. The van der Waals surface area contributed by atoms with E-state index in [0.29, 0.717) is 36.2 Å². The molecule has 1 aliphatic carbocycles. The van der Waals surface area contributed by atoms with E-state index in [1.165, 1.54) is 17.3 Å². The van der Waals surface area contributed by atoms with Crippen LogP contribution in [0, 0.1) is 0 Å². The number of urea groups is 1. The third-order valence-electron chi connectivity index (χ3n) is 6.70. The second-order valence-corrected chi connectivity index (χ2v) is 11.2. The van der Waals surface area contributed by atoms with E-state index in [1.807, 2.05) is 30.3 Å². The van der Waals surface area contributed by atoms with Gasteiger partial charge in [-0.3, -0.25) is 14.6 Å². The smallest absolute Gasteiger partial charge is 0.324 e. The zero-order chi connectivity index (χ0) is 28.0. The number of sulfone groups is 1. The number of nitrogens with zero attached hydrogens (tertiary/aromatic N) is 3. The van der Waals surface area contributed by atoms with Crippen LogP contribution in [0.1, 0.15) is 24.0 Å². The van der Waals surface area contributed by atoms with E-state index in [4.69, 9.17) is 0 Å². The molecule has 9 nitrogen and oxygen atoms in total. The highest BCUT2D eigenvalue weighted by molar-refractivity contribution is 7.92. The van der Waals surface area contributed by atoms with Crippen molar-refractivity contribution in [2.24, 2.45) is 0 Å². The van der Waals surface area contributed by atoms with Gasteiger partial charge in [0, 0.05) is 6.20 Å². The average molecular weight is 559 g/mol. The lowest BCUT2D eigenvalue weighted by molar-refractivity contribution is -0.121. The van der Waals surface area contributed by atoms with Crippen molar-refractivity contribution in [1.82, 2.24) is 9.88 Å². The first-order chi connectivity index (χ1) is 18.4. The molecule has 13 heteroatoms. The number of halogens is 3. The number of alkyl halides is 3. The first-order valence-corrected chi connectivity index (χ1v) is 13.3. The fraction of sp³-hybridized carbons (Fsp3) is 0.231. The number of imide groups is 1. The van der Waals surface area contributed by atoms with Crippen LogP contribution in [0.5, 0.6) is 0 Å². The lowest BCUT2D eigenvalue weighted by atomic mass is 10.1. The topological polar surface area (TPSA) is 117 Å². The van der Waals surface area contributed by atoms with Gasteiger partial charge in [0.1, 0.15) is 5.54 Å². The molecule has 1 saturated carbocycles. The molecule has 5 rings (SSSR count).